The predicted molar refractivity (Wildman–Crippen MR) is 92.8 cm³/mol. The van der Waals surface area contributed by atoms with E-state index in [9.17, 15) is 5.11 Å². The summed E-state index contributed by atoms with van der Waals surface area (Å²) in [7, 11) is 0. The van der Waals surface area contributed by atoms with Gasteiger partial charge in [0.2, 0.25) is 0 Å². The van der Waals surface area contributed by atoms with Gasteiger partial charge in [-0.15, -0.1) is 0 Å². The lowest BCUT2D eigenvalue weighted by Crippen LogP contribution is -2.45. The molecule has 1 unspecified atom stereocenters. The van der Waals surface area contributed by atoms with E-state index in [1.54, 1.807) is 0 Å². The van der Waals surface area contributed by atoms with Crippen LogP contribution in [0.1, 0.15) is 39.3 Å². The summed E-state index contributed by atoms with van der Waals surface area (Å²) in [6.45, 7) is 9.52. The van der Waals surface area contributed by atoms with Gasteiger partial charge in [0.25, 0.3) is 0 Å². The molecule has 2 heterocycles. The third-order valence-electron chi connectivity index (χ3n) is 5.33. The van der Waals surface area contributed by atoms with E-state index in [4.69, 9.17) is 9.39 Å². The Morgan fingerprint density at radius 3 is 2.70 bits per heavy atom. The topological polar surface area (TPSA) is 50.7 Å². The smallest absolute Gasteiger partial charge is 0.363 e. The van der Waals surface area contributed by atoms with Crippen LogP contribution in [-0.4, -0.2) is 17.6 Å². The van der Waals surface area contributed by atoms with Gasteiger partial charge in [0.15, 0.2) is 0 Å². The zero-order valence-electron chi connectivity index (χ0n) is 14.4. The third-order valence-corrected chi connectivity index (χ3v) is 5.33. The van der Waals surface area contributed by atoms with Gasteiger partial charge >= 0.3 is 6.92 Å². The van der Waals surface area contributed by atoms with Crippen molar-refractivity contribution in [2.45, 2.75) is 51.5 Å². The zero-order chi connectivity index (χ0) is 16.8. The minimum atomic E-state index is -0.835. The first kappa shape index (κ1) is 16.0. The SMILES string of the molecule is CB(Oc1ccc2c(c1)C1NC=CC=C1O2)C(C)(C)C(C)(C)O. The zero-order valence-corrected chi connectivity index (χ0v) is 14.4. The Hall–Kier alpha value is -1.88. The number of hydrogen-bond acceptors (Lipinski definition) is 4. The molecule has 1 aromatic rings. The van der Waals surface area contributed by atoms with E-state index < -0.39 is 5.60 Å². The summed E-state index contributed by atoms with van der Waals surface area (Å²) in [5.41, 5.74) is 0.240. The van der Waals surface area contributed by atoms with Crippen molar-refractivity contribution in [3.8, 4) is 11.5 Å². The fourth-order valence-electron chi connectivity index (χ4n) is 2.70. The first-order chi connectivity index (χ1) is 10.7. The number of benzene rings is 1. The van der Waals surface area contributed by atoms with Gasteiger partial charge in [-0.2, -0.15) is 0 Å². The minimum absolute atomic E-state index is 0.0520. The van der Waals surface area contributed by atoms with Crippen molar-refractivity contribution in [3.63, 3.8) is 0 Å². The quantitative estimate of drug-likeness (QED) is 0.833. The summed E-state index contributed by atoms with van der Waals surface area (Å²) in [5, 5.41) is 13.3. The molecule has 3 rings (SSSR count). The summed E-state index contributed by atoms with van der Waals surface area (Å²) >= 11 is 0. The monoisotopic (exact) mass is 313 g/mol. The minimum Gasteiger partial charge on any atom is -0.560 e. The van der Waals surface area contributed by atoms with Gasteiger partial charge in [0, 0.05) is 10.9 Å². The molecule has 0 spiro atoms. The molecular formula is C18H24BNO3. The number of allylic oxidation sites excluding steroid dienone is 2. The molecule has 0 saturated carbocycles. The van der Waals surface area contributed by atoms with Crippen LogP contribution < -0.4 is 14.7 Å². The lowest BCUT2D eigenvalue weighted by Gasteiger charge is -2.39. The highest BCUT2D eigenvalue weighted by Crippen LogP contribution is 2.44. The van der Waals surface area contributed by atoms with Crippen LogP contribution in [0.4, 0.5) is 0 Å². The second-order valence-electron chi connectivity index (χ2n) is 7.37. The van der Waals surface area contributed by atoms with Crippen LogP contribution in [0.2, 0.25) is 12.1 Å². The average molecular weight is 313 g/mol. The van der Waals surface area contributed by atoms with Crippen LogP contribution in [0.5, 0.6) is 11.5 Å². The molecule has 2 aliphatic rings. The highest BCUT2D eigenvalue weighted by molar-refractivity contribution is 6.55. The second-order valence-corrected chi connectivity index (χ2v) is 7.37. The molecule has 1 atom stereocenters. The van der Waals surface area contributed by atoms with Crippen LogP contribution in [0.15, 0.2) is 42.3 Å². The van der Waals surface area contributed by atoms with Gasteiger partial charge < -0.3 is 19.8 Å². The Balaban J connectivity index is 1.82. The molecule has 4 nitrogen and oxygen atoms in total. The fraction of sp³-hybridized carbons (Fsp3) is 0.444. The highest BCUT2D eigenvalue weighted by Gasteiger charge is 2.44. The van der Waals surface area contributed by atoms with E-state index in [1.807, 2.05) is 71.1 Å². The van der Waals surface area contributed by atoms with Gasteiger partial charge in [-0.05, 0) is 57.2 Å². The standard InChI is InChI=1S/C18H24BNO3/c1-17(2,18(3,4)21)19(5)23-12-8-9-14-13(11-12)16-15(22-14)7-6-10-20-16/h6-11,16,20-21H,1-5H3. The number of dihydropyridines is 1. The Morgan fingerprint density at radius 1 is 1.26 bits per heavy atom. The van der Waals surface area contributed by atoms with Gasteiger partial charge in [-0.25, -0.2) is 0 Å². The van der Waals surface area contributed by atoms with Crippen molar-refractivity contribution < 1.29 is 14.5 Å². The van der Waals surface area contributed by atoms with Crippen molar-refractivity contribution in [2.75, 3.05) is 0 Å². The number of rotatable bonds is 4. The summed E-state index contributed by atoms with van der Waals surface area (Å²) in [6.07, 6.45) is 5.82. The van der Waals surface area contributed by atoms with Crippen LogP contribution >= 0.6 is 0 Å². The molecular weight excluding hydrogens is 289 g/mol. The maximum atomic E-state index is 10.4. The molecule has 0 bridgehead atoms. The Morgan fingerprint density at radius 2 is 2.00 bits per heavy atom. The normalized spacial score (nSPS) is 19.2. The number of aliphatic hydroxyl groups is 1. The lowest BCUT2D eigenvalue weighted by atomic mass is 9.43. The van der Waals surface area contributed by atoms with Crippen molar-refractivity contribution >= 4 is 6.92 Å². The molecule has 0 radical (unpaired) electrons. The van der Waals surface area contributed by atoms with Crippen molar-refractivity contribution in [2.24, 2.45) is 0 Å². The summed E-state index contributed by atoms with van der Waals surface area (Å²) < 4.78 is 12.0. The Bertz CT molecular complexity index is 673. The maximum Gasteiger partial charge on any atom is 0.363 e. The average Bonchev–Trinajstić information content (AvgIpc) is 2.84. The van der Waals surface area contributed by atoms with Crippen molar-refractivity contribution in [1.29, 1.82) is 0 Å². The van der Waals surface area contributed by atoms with E-state index in [1.165, 1.54) is 0 Å². The largest absolute Gasteiger partial charge is 0.560 e. The van der Waals surface area contributed by atoms with Gasteiger partial charge in [0.1, 0.15) is 17.6 Å². The van der Waals surface area contributed by atoms with E-state index >= 15 is 0 Å². The molecule has 23 heavy (non-hydrogen) atoms. The van der Waals surface area contributed by atoms with Crippen molar-refractivity contribution in [1.82, 2.24) is 5.32 Å². The maximum absolute atomic E-state index is 10.4. The molecule has 0 aromatic heterocycles. The van der Waals surface area contributed by atoms with Crippen LogP contribution in [0.25, 0.3) is 0 Å². The molecule has 5 heteroatoms. The number of fused-ring (bicyclic) bond motifs is 3. The lowest BCUT2D eigenvalue weighted by molar-refractivity contribution is 0.0351. The van der Waals surface area contributed by atoms with E-state index in [2.05, 4.69) is 5.32 Å². The predicted octanol–water partition coefficient (Wildman–Crippen LogP) is 3.67. The number of ether oxygens (including phenoxy) is 1. The molecule has 0 amide bonds. The first-order valence-electron chi connectivity index (χ1n) is 8.04. The second kappa shape index (κ2) is 5.34. The molecule has 122 valence electrons. The summed E-state index contributed by atoms with van der Waals surface area (Å²) in [5.74, 6) is 2.55. The van der Waals surface area contributed by atoms with Crippen LogP contribution in [0, 0.1) is 0 Å². The Kier molecular flexibility index (Phi) is 3.72. The first-order valence-corrected chi connectivity index (χ1v) is 8.04. The van der Waals surface area contributed by atoms with E-state index in [-0.39, 0.29) is 18.3 Å². The van der Waals surface area contributed by atoms with Gasteiger partial charge in [-0.3, -0.25) is 0 Å². The van der Waals surface area contributed by atoms with Crippen LogP contribution in [-0.2, 0) is 0 Å². The molecule has 0 fully saturated rings. The van der Waals surface area contributed by atoms with Gasteiger partial charge in [0.05, 0.1) is 11.4 Å². The summed E-state index contributed by atoms with van der Waals surface area (Å²) in [6, 6.07) is 5.93. The number of hydrogen-bond donors (Lipinski definition) is 2. The van der Waals surface area contributed by atoms with E-state index in [0.29, 0.717) is 0 Å². The Labute approximate surface area is 138 Å². The summed E-state index contributed by atoms with van der Waals surface area (Å²) in [4.78, 5) is 0. The van der Waals surface area contributed by atoms with Gasteiger partial charge in [-0.1, -0.05) is 13.8 Å². The number of nitrogens with one attached hydrogen (secondary N) is 1. The molecule has 1 aromatic carbocycles. The third kappa shape index (κ3) is 2.74. The van der Waals surface area contributed by atoms with E-state index in [0.717, 1.165) is 22.8 Å². The molecule has 0 aliphatic carbocycles. The molecule has 0 saturated heterocycles. The fourth-order valence-corrected chi connectivity index (χ4v) is 2.70. The molecule has 2 aliphatic heterocycles. The molecule has 2 N–H and O–H groups in total. The highest BCUT2D eigenvalue weighted by atomic mass is 16.5. The van der Waals surface area contributed by atoms with Crippen LogP contribution in [0.3, 0.4) is 0 Å². The van der Waals surface area contributed by atoms with Crippen molar-refractivity contribution in [3.05, 3.63) is 47.9 Å².